The van der Waals surface area contributed by atoms with Crippen molar-refractivity contribution in [3.05, 3.63) is 56.5 Å². The third kappa shape index (κ3) is 3.50. The summed E-state index contributed by atoms with van der Waals surface area (Å²) in [5, 5.41) is 9.95. The molecule has 0 fully saturated rings. The van der Waals surface area contributed by atoms with Crippen LogP contribution >= 0.6 is 22.9 Å². The SMILES string of the molecule is OC(Cc1ccc(Cl)s1)c1cc(F)ccc1C(F)(F)F. The summed E-state index contributed by atoms with van der Waals surface area (Å²) in [4.78, 5) is 0.625. The van der Waals surface area contributed by atoms with Crippen LogP contribution < -0.4 is 0 Å². The fourth-order valence-electron chi connectivity index (χ4n) is 1.83. The van der Waals surface area contributed by atoms with Gasteiger partial charge in [0.25, 0.3) is 0 Å². The van der Waals surface area contributed by atoms with Crippen molar-refractivity contribution in [2.75, 3.05) is 0 Å². The molecule has 0 bridgehead atoms. The molecular weight excluding hydrogens is 316 g/mol. The van der Waals surface area contributed by atoms with Gasteiger partial charge in [-0.3, -0.25) is 0 Å². The summed E-state index contributed by atoms with van der Waals surface area (Å²) in [6.07, 6.45) is -6.14. The van der Waals surface area contributed by atoms with Crippen molar-refractivity contribution in [2.24, 2.45) is 0 Å². The molecule has 1 unspecified atom stereocenters. The van der Waals surface area contributed by atoms with Crippen LogP contribution in [0, 0.1) is 5.82 Å². The Morgan fingerprint density at radius 2 is 1.90 bits per heavy atom. The highest BCUT2D eigenvalue weighted by molar-refractivity contribution is 7.16. The van der Waals surface area contributed by atoms with Crippen LogP contribution in [0.15, 0.2) is 30.3 Å². The number of thiophene rings is 1. The highest BCUT2D eigenvalue weighted by Gasteiger charge is 2.35. The van der Waals surface area contributed by atoms with E-state index in [1.165, 1.54) is 0 Å². The van der Waals surface area contributed by atoms with Gasteiger partial charge in [-0.25, -0.2) is 4.39 Å². The van der Waals surface area contributed by atoms with Crippen LogP contribution in [-0.2, 0) is 12.6 Å². The lowest BCUT2D eigenvalue weighted by atomic mass is 9.99. The Hall–Kier alpha value is -1.11. The van der Waals surface area contributed by atoms with Gasteiger partial charge < -0.3 is 5.11 Å². The Labute approximate surface area is 121 Å². The second kappa shape index (κ2) is 5.71. The van der Waals surface area contributed by atoms with Crippen molar-refractivity contribution in [2.45, 2.75) is 18.7 Å². The fourth-order valence-corrected chi connectivity index (χ4v) is 2.95. The van der Waals surface area contributed by atoms with Gasteiger partial charge in [-0.15, -0.1) is 11.3 Å². The van der Waals surface area contributed by atoms with E-state index in [9.17, 15) is 22.7 Å². The molecule has 1 heterocycles. The van der Waals surface area contributed by atoms with Gasteiger partial charge in [0.15, 0.2) is 0 Å². The lowest BCUT2D eigenvalue weighted by molar-refractivity contribution is -0.139. The normalized spacial score (nSPS) is 13.5. The standard InChI is InChI=1S/C13H9ClF4OS/c14-12-4-2-8(20-12)6-11(19)9-5-7(15)1-3-10(9)13(16,17)18/h1-5,11,19H,6H2. The van der Waals surface area contributed by atoms with Crippen LogP contribution in [-0.4, -0.2) is 5.11 Å². The molecule has 1 N–H and O–H groups in total. The Balaban J connectivity index is 2.33. The number of alkyl halides is 3. The highest BCUT2D eigenvalue weighted by Crippen LogP contribution is 2.36. The van der Waals surface area contributed by atoms with Crippen LogP contribution in [0.4, 0.5) is 17.6 Å². The van der Waals surface area contributed by atoms with E-state index in [4.69, 9.17) is 11.6 Å². The van der Waals surface area contributed by atoms with Gasteiger partial charge in [0.2, 0.25) is 0 Å². The number of aliphatic hydroxyl groups excluding tert-OH is 1. The van der Waals surface area contributed by atoms with Gasteiger partial charge in [0.05, 0.1) is 16.0 Å². The summed E-state index contributed by atoms with van der Waals surface area (Å²) >= 11 is 6.87. The number of rotatable bonds is 3. The van der Waals surface area contributed by atoms with E-state index >= 15 is 0 Å². The molecule has 0 spiro atoms. The third-order valence-corrected chi connectivity index (χ3v) is 3.95. The van der Waals surface area contributed by atoms with Crippen molar-refractivity contribution < 1.29 is 22.7 Å². The first-order chi connectivity index (χ1) is 9.27. The van der Waals surface area contributed by atoms with Gasteiger partial charge >= 0.3 is 6.18 Å². The molecule has 0 aliphatic carbocycles. The molecular formula is C13H9ClF4OS. The van der Waals surface area contributed by atoms with E-state index in [-0.39, 0.29) is 6.42 Å². The quantitative estimate of drug-likeness (QED) is 0.801. The summed E-state index contributed by atoms with van der Waals surface area (Å²) in [5.74, 6) is -0.823. The van der Waals surface area contributed by atoms with Crippen LogP contribution in [0.3, 0.4) is 0 Å². The molecule has 0 amide bonds. The molecule has 0 saturated carbocycles. The van der Waals surface area contributed by atoms with Crippen molar-refractivity contribution in [3.8, 4) is 0 Å². The summed E-state index contributed by atoms with van der Waals surface area (Å²) in [6, 6.07) is 5.27. The molecule has 1 aromatic carbocycles. The van der Waals surface area contributed by atoms with Gasteiger partial charge in [-0.05, 0) is 35.9 Å². The number of benzene rings is 1. The number of aliphatic hydroxyl groups is 1. The first-order valence-electron chi connectivity index (χ1n) is 5.56. The summed E-state index contributed by atoms with van der Waals surface area (Å²) in [7, 11) is 0. The molecule has 2 rings (SSSR count). The molecule has 0 aliphatic heterocycles. The number of hydrogen-bond donors (Lipinski definition) is 1. The Kier molecular flexibility index (Phi) is 4.36. The zero-order valence-corrected chi connectivity index (χ0v) is 11.5. The minimum Gasteiger partial charge on any atom is -0.388 e. The number of hydrogen-bond acceptors (Lipinski definition) is 2. The van der Waals surface area contributed by atoms with Gasteiger partial charge in [-0.2, -0.15) is 13.2 Å². The van der Waals surface area contributed by atoms with E-state index in [2.05, 4.69) is 0 Å². The average Bonchev–Trinajstić information content (AvgIpc) is 2.73. The zero-order chi connectivity index (χ0) is 14.9. The van der Waals surface area contributed by atoms with E-state index < -0.39 is 29.2 Å². The fraction of sp³-hybridized carbons (Fsp3) is 0.231. The van der Waals surface area contributed by atoms with Gasteiger partial charge in [0, 0.05) is 11.3 Å². The van der Waals surface area contributed by atoms with E-state index in [0.29, 0.717) is 21.3 Å². The maximum atomic E-state index is 13.1. The molecule has 0 saturated heterocycles. The average molecular weight is 325 g/mol. The van der Waals surface area contributed by atoms with E-state index in [0.717, 1.165) is 17.4 Å². The van der Waals surface area contributed by atoms with Crippen LogP contribution in [0.25, 0.3) is 0 Å². The van der Waals surface area contributed by atoms with Crippen LogP contribution in [0.5, 0.6) is 0 Å². The first-order valence-corrected chi connectivity index (χ1v) is 6.76. The molecule has 20 heavy (non-hydrogen) atoms. The van der Waals surface area contributed by atoms with Crippen LogP contribution in [0.1, 0.15) is 22.1 Å². The smallest absolute Gasteiger partial charge is 0.388 e. The van der Waals surface area contributed by atoms with Gasteiger partial charge in [0.1, 0.15) is 5.82 Å². The molecule has 1 aromatic heterocycles. The van der Waals surface area contributed by atoms with Crippen molar-refractivity contribution in [1.29, 1.82) is 0 Å². The Morgan fingerprint density at radius 3 is 2.45 bits per heavy atom. The van der Waals surface area contributed by atoms with E-state index in [1.807, 2.05) is 0 Å². The summed E-state index contributed by atoms with van der Waals surface area (Å²) < 4.78 is 52.1. The minimum absolute atomic E-state index is 0.0517. The first kappa shape index (κ1) is 15.3. The molecule has 2 aromatic rings. The zero-order valence-electron chi connectivity index (χ0n) is 9.92. The number of halogens is 5. The van der Waals surface area contributed by atoms with Crippen molar-refractivity contribution >= 4 is 22.9 Å². The third-order valence-electron chi connectivity index (χ3n) is 2.70. The molecule has 0 radical (unpaired) electrons. The predicted octanol–water partition coefficient (Wildman–Crippen LogP) is 4.84. The topological polar surface area (TPSA) is 20.2 Å². The predicted molar refractivity (Wildman–Crippen MR) is 69.4 cm³/mol. The second-order valence-electron chi connectivity index (χ2n) is 4.16. The van der Waals surface area contributed by atoms with Crippen LogP contribution in [0.2, 0.25) is 4.34 Å². The monoisotopic (exact) mass is 324 g/mol. The molecule has 108 valence electrons. The molecule has 7 heteroatoms. The minimum atomic E-state index is -4.64. The molecule has 1 atom stereocenters. The van der Waals surface area contributed by atoms with E-state index in [1.54, 1.807) is 12.1 Å². The highest BCUT2D eigenvalue weighted by atomic mass is 35.5. The Morgan fingerprint density at radius 1 is 1.20 bits per heavy atom. The lowest BCUT2D eigenvalue weighted by Crippen LogP contribution is -2.13. The Bertz CT molecular complexity index is 609. The lowest BCUT2D eigenvalue weighted by Gasteiger charge is -2.17. The summed E-state index contributed by atoms with van der Waals surface area (Å²) in [6.45, 7) is 0. The molecule has 0 aliphatic rings. The van der Waals surface area contributed by atoms with Gasteiger partial charge in [-0.1, -0.05) is 11.6 Å². The largest absolute Gasteiger partial charge is 0.416 e. The molecule has 1 nitrogen and oxygen atoms in total. The maximum Gasteiger partial charge on any atom is 0.416 e. The summed E-state index contributed by atoms with van der Waals surface area (Å²) in [5.41, 5.74) is -1.50. The van der Waals surface area contributed by atoms with Crippen molar-refractivity contribution in [1.82, 2.24) is 0 Å². The van der Waals surface area contributed by atoms with Crippen molar-refractivity contribution in [3.63, 3.8) is 0 Å². The second-order valence-corrected chi connectivity index (χ2v) is 5.95. The maximum absolute atomic E-state index is 13.1.